The lowest BCUT2D eigenvalue weighted by Crippen LogP contribution is -2.66. The van der Waals surface area contributed by atoms with Gasteiger partial charge in [-0.1, -0.05) is 60.7 Å². The Bertz CT molecular complexity index is 1080. The second kappa shape index (κ2) is 8.94. The van der Waals surface area contributed by atoms with E-state index in [1.807, 2.05) is 42.5 Å². The SMILES string of the molecule is O=C(CNC1(C2(Cc3cccc(Cl)c3)C(=O)Nc3cc(Cl)ccc32)CCCCC1)NC1CC1. The summed E-state index contributed by atoms with van der Waals surface area (Å²) in [5.74, 6) is -0.0492. The molecule has 174 valence electrons. The van der Waals surface area contributed by atoms with Crippen molar-refractivity contribution in [2.45, 2.75) is 68.4 Å². The van der Waals surface area contributed by atoms with Crippen molar-refractivity contribution >= 4 is 40.7 Å². The third-order valence-electron chi connectivity index (χ3n) is 7.49. The van der Waals surface area contributed by atoms with E-state index in [0.29, 0.717) is 22.5 Å². The van der Waals surface area contributed by atoms with Crippen LogP contribution < -0.4 is 16.0 Å². The summed E-state index contributed by atoms with van der Waals surface area (Å²) >= 11 is 12.6. The zero-order chi connectivity index (χ0) is 23.1. The minimum absolute atomic E-state index is 0.00455. The number of carbonyl (C=O) groups is 2. The molecular formula is C26H29Cl2N3O2. The summed E-state index contributed by atoms with van der Waals surface area (Å²) in [5, 5.41) is 11.1. The summed E-state index contributed by atoms with van der Waals surface area (Å²) in [6.07, 6.45) is 7.36. The van der Waals surface area contributed by atoms with E-state index in [1.54, 1.807) is 0 Å². The highest BCUT2D eigenvalue weighted by Crippen LogP contribution is 2.53. The molecule has 0 radical (unpaired) electrons. The third-order valence-corrected chi connectivity index (χ3v) is 7.96. The minimum Gasteiger partial charge on any atom is -0.352 e. The van der Waals surface area contributed by atoms with Gasteiger partial charge < -0.3 is 16.0 Å². The number of nitrogens with one attached hydrogen (secondary N) is 3. The Morgan fingerprint density at radius 2 is 1.79 bits per heavy atom. The molecule has 1 heterocycles. The van der Waals surface area contributed by atoms with Gasteiger partial charge in [0.15, 0.2) is 0 Å². The molecule has 2 aromatic rings. The number of rotatable bonds is 7. The normalized spacial score (nSPS) is 23.6. The number of amides is 2. The zero-order valence-corrected chi connectivity index (χ0v) is 20.1. The van der Waals surface area contributed by atoms with Crippen LogP contribution in [0.2, 0.25) is 10.0 Å². The van der Waals surface area contributed by atoms with E-state index in [9.17, 15) is 9.59 Å². The Labute approximate surface area is 204 Å². The number of benzene rings is 2. The average Bonchev–Trinajstić information content (AvgIpc) is 3.56. The predicted octanol–water partition coefficient (Wildman–Crippen LogP) is 5.00. The van der Waals surface area contributed by atoms with Crippen LogP contribution in [-0.4, -0.2) is 29.9 Å². The van der Waals surface area contributed by atoms with Gasteiger partial charge in [0.25, 0.3) is 0 Å². The largest absolute Gasteiger partial charge is 0.352 e. The molecule has 0 aromatic heterocycles. The van der Waals surface area contributed by atoms with Crippen molar-refractivity contribution in [3.8, 4) is 0 Å². The molecule has 5 rings (SSSR count). The molecule has 33 heavy (non-hydrogen) atoms. The molecule has 2 aromatic carbocycles. The molecule has 7 heteroatoms. The molecule has 3 aliphatic rings. The summed E-state index contributed by atoms with van der Waals surface area (Å²) in [6.45, 7) is 0.198. The molecule has 2 amide bonds. The van der Waals surface area contributed by atoms with Crippen LogP contribution in [0.1, 0.15) is 56.1 Å². The van der Waals surface area contributed by atoms with Gasteiger partial charge in [-0.05, 0) is 67.5 Å². The minimum atomic E-state index is -0.877. The molecule has 2 fully saturated rings. The first-order valence-electron chi connectivity index (χ1n) is 11.8. The van der Waals surface area contributed by atoms with Crippen molar-refractivity contribution in [3.05, 3.63) is 63.6 Å². The molecule has 0 bridgehead atoms. The Balaban J connectivity index is 1.60. The first kappa shape index (κ1) is 22.7. The maximum Gasteiger partial charge on any atom is 0.237 e. The molecular weight excluding hydrogens is 457 g/mol. The lowest BCUT2D eigenvalue weighted by Gasteiger charge is -2.50. The van der Waals surface area contributed by atoms with E-state index in [-0.39, 0.29) is 18.4 Å². The molecule has 1 atom stereocenters. The standard InChI is InChI=1S/C26H29Cl2N3O2/c27-18-6-4-5-17(13-18)15-26(21-10-7-19(28)14-22(21)31-24(26)33)25(11-2-1-3-12-25)29-16-23(32)30-20-8-9-20/h4-7,10,13-14,20,29H,1-3,8-9,11-12,15-16H2,(H,30,32)(H,31,33). The number of halogens is 2. The fourth-order valence-corrected chi connectivity index (χ4v) is 6.17. The first-order valence-corrected chi connectivity index (χ1v) is 12.6. The van der Waals surface area contributed by atoms with Crippen LogP contribution in [0.15, 0.2) is 42.5 Å². The van der Waals surface area contributed by atoms with Crippen molar-refractivity contribution in [2.75, 3.05) is 11.9 Å². The molecule has 0 saturated heterocycles. The Morgan fingerprint density at radius 1 is 1.03 bits per heavy atom. The summed E-state index contributed by atoms with van der Waals surface area (Å²) in [5.41, 5.74) is 1.25. The number of carbonyl (C=O) groups excluding carboxylic acids is 2. The Morgan fingerprint density at radius 3 is 2.52 bits per heavy atom. The number of fused-ring (bicyclic) bond motifs is 1. The van der Waals surface area contributed by atoms with Crippen LogP contribution in [0, 0.1) is 0 Å². The highest BCUT2D eigenvalue weighted by Gasteiger charge is 2.60. The van der Waals surface area contributed by atoms with Gasteiger partial charge in [0.2, 0.25) is 11.8 Å². The second-order valence-corrected chi connectivity index (χ2v) is 10.6. The van der Waals surface area contributed by atoms with Crippen molar-refractivity contribution < 1.29 is 9.59 Å². The Hall–Kier alpha value is -2.08. The maximum atomic E-state index is 14.0. The van der Waals surface area contributed by atoms with Crippen molar-refractivity contribution in [2.24, 2.45) is 0 Å². The van der Waals surface area contributed by atoms with E-state index < -0.39 is 11.0 Å². The van der Waals surface area contributed by atoms with E-state index in [4.69, 9.17) is 23.2 Å². The van der Waals surface area contributed by atoms with Gasteiger partial charge in [-0.15, -0.1) is 0 Å². The molecule has 5 nitrogen and oxygen atoms in total. The molecule has 0 spiro atoms. The van der Waals surface area contributed by atoms with Gasteiger partial charge in [0.1, 0.15) is 0 Å². The zero-order valence-electron chi connectivity index (χ0n) is 18.6. The molecule has 2 aliphatic carbocycles. The third kappa shape index (κ3) is 4.27. The van der Waals surface area contributed by atoms with E-state index in [0.717, 1.165) is 61.8 Å². The average molecular weight is 486 g/mol. The van der Waals surface area contributed by atoms with Crippen LogP contribution >= 0.6 is 23.2 Å². The van der Waals surface area contributed by atoms with Gasteiger partial charge in [0, 0.05) is 27.3 Å². The highest BCUT2D eigenvalue weighted by molar-refractivity contribution is 6.31. The molecule has 1 aliphatic heterocycles. The van der Waals surface area contributed by atoms with Crippen LogP contribution in [0.3, 0.4) is 0 Å². The van der Waals surface area contributed by atoms with Crippen molar-refractivity contribution in [1.82, 2.24) is 10.6 Å². The molecule has 2 saturated carbocycles. The molecule has 3 N–H and O–H groups in total. The van der Waals surface area contributed by atoms with Crippen LogP contribution in [0.25, 0.3) is 0 Å². The predicted molar refractivity (Wildman–Crippen MR) is 132 cm³/mol. The maximum absolute atomic E-state index is 14.0. The topological polar surface area (TPSA) is 70.2 Å². The monoisotopic (exact) mass is 485 g/mol. The van der Waals surface area contributed by atoms with E-state index in [2.05, 4.69) is 16.0 Å². The summed E-state index contributed by atoms with van der Waals surface area (Å²) < 4.78 is 0. The van der Waals surface area contributed by atoms with Gasteiger partial charge in [-0.3, -0.25) is 9.59 Å². The Kier molecular flexibility index (Phi) is 6.15. The van der Waals surface area contributed by atoms with Gasteiger partial charge in [0.05, 0.1) is 12.0 Å². The van der Waals surface area contributed by atoms with Gasteiger partial charge in [-0.25, -0.2) is 0 Å². The number of anilines is 1. The van der Waals surface area contributed by atoms with Crippen LogP contribution in [-0.2, 0) is 21.4 Å². The highest BCUT2D eigenvalue weighted by atomic mass is 35.5. The first-order chi connectivity index (χ1) is 15.9. The summed E-state index contributed by atoms with van der Waals surface area (Å²) in [6, 6.07) is 13.7. The quantitative estimate of drug-likeness (QED) is 0.516. The van der Waals surface area contributed by atoms with Crippen LogP contribution in [0.5, 0.6) is 0 Å². The smallest absolute Gasteiger partial charge is 0.237 e. The van der Waals surface area contributed by atoms with E-state index >= 15 is 0 Å². The van der Waals surface area contributed by atoms with Crippen molar-refractivity contribution in [1.29, 1.82) is 0 Å². The second-order valence-electron chi connectivity index (χ2n) is 9.69. The fraction of sp³-hybridized carbons (Fsp3) is 0.462. The van der Waals surface area contributed by atoms with Gasteiger partial charge in [-0.2, -0.15) is 0 Å². The molecule has 1 unspecified atom stereocenters. The van der Waals surface area contributed by atoms with Crippen LogP contribution in [0.4, 0.5) is 5.69 Å². The van der Waals surface area contributed by atoms with E-state index in [1.165, 1.54) is 0 Å². The lowest BCUT2D eigenvalue weighted by atomic mass is 9.57. The lowest BCUT2D eigenvalue weighted by molar-refractivity contribution is -0.127. The fourth-order valence-electron chi connectivity index (χ4n) is 5.78. The number of hydrogen-bond donors (Lipinski definition) is 3. The number of hydrogen-bond acceptors (Lipinski definition) is 3. The van der Waals surface area contributed by atoms with Crippen molar-refractivity contribution in [3.63, 3.8) is 0 Å². The summed E-state index contributed by atoms with van der Waals surface area (Å²) in [4.78, 5) is 26.6. The summed E-state index contributed by atoms with van der Waals surface area (Å²) in [7, 11) is 0. The van der Waals surface area contributed by atoms with Gasteiger partial charge >= 0.3 is 0 Å².